The van der Waals surface area contributed by atoms with Crippen LogP contribution in [0.1, 0.15) is 28.9 Å². The molecule has 0 bridgehead atoms. The summed E-state index contributed by atoms with van der Waals surface area (Å²) in [5.41, 5.74) is 2.30. The molecule has 25 heavy (non-hydrogen) atoms. The predicted molar refractivity (Wildman–Crippen MR) is 99.1 cm³/mol. The summed E-state index contributed by atoms with van der Waals surface area (Å²) in [5, 5.41) is 3.42. The first-order chi connectivity index (χ1) is 11.9. The molecule has 0 aromatic heterocycles. The summed E-state index contributed by atoms with van der Waals surface area (Å²) in [4.78, 5) is 25.9. The number of halogens is 1. The van der Waals surface area contributed by atoms with Gasteiger partial charge in [-0.05, 0) is 48.9 Å². The van der Waals surface area contributed by atoms with Gasteiger partial charge in [-0.1, -0.05) is 23.7 Å². The second-order valence-corrected chi connectivity index (χ2v) is 6.29. The van der Waals surface area contributed by atoms with Crippen molar-refractivity contribution in [2.45, 2.75) is 13.0 Å². The average Bonchev–Trinajstić information content (AvgIpc) is 2.60. The van der Waals surface area contributed by atoms with E-state index in [0.29, 0.717) is 10.6 Å². The quantitative estimate of drug-likeness (QED) is 0.802. The number of carbonyl (C=O) groups is 2. The lowest BCUT2D eigenvalue weighted by Gasteiger charge is -2.15. The van der Waals surface area contributed by atoms with Crippen molar-refractivity contribution in [2.24, 2.45) is 0 Å². The molecule has 1 atom stereocenters. The minimum Gasteiger partial charge on any atom is -0.452 e. The Morgan fingerprint density at radius 1 is 1.08 bits per heavy atom. The third-order valence-electron chi connectivity index (χ3n) is 3.70. The highest BCUT2D eigenvalue weighted by Crippen LogP contribution is 2.16. The summed E-state index contributed by atoms with van der Waals surface area (Å²) < 4.78 is 5.06. The molecule has 0 saturated heterocycles. The zero-order valence-electron chi connectivity index (χ0n) is 14.5. The molecule has 0 saturated carbocycles. The maximum atomic E-state index is 12.0. The van der Waals surface area contributed by atoms with Gasteiger partial charge in [0.1, 0.15) is 0 Å². The Labute approximate surface area is 152 Å². The molecule has 0 radical (unpaired) electrons. The largest absolute Gasteiger partial charge is 0.452 e. The summed E-state index contributed by atoms with van der Waals surface area (Å²) in [6.45, 7) is 1.52. The number of benzene rings is 2. The van der Waals surface area contributed by atoms with Crippen LogP contribution in [0.25, 0.3) is 0 Å². The molecule has 0 aliphatic carbocycles. The van der Waals surface area contributed by atoms with Crippen molar-refractivity contribution in [1.29, 1.82) is 0 Å². The van der Waals surface area contributed by atoms with Gasteiger partial charge in [-0.25, -0.2) is 4.79 Å². The van der Waals surface area contributed by atoms with Crippen LogP contribution in [0.3, 0.4) is 0 Å². The molecule has 0 aliphatic heterocycles. The van der Waals surface area contributed by atoms with E-state index in [1.54, 1.807) is 24.3 Å². The van der Waals surface area contributed by atoms with Crippen LogP contribution in [-0.4, -0.2) is 32.6 Å². The molecule has 1 N–H and O–H groups in total. The van der Waals surface area contributed by atoms with Crippen LogP contribution in [0, 0.1) is 0 Å². The van der Waals surface area contributed by atoms with E-state index in [-0.39, 0.29) is 18.6 Å². The van der Waals surface area contributed by atoms with Crippen LogP contribution >= 0.6 is 11.6 Å². The Morgan fingerprint density at radius 3 is 2.24 bits per heavy atom. The number of hydrogen-bond donors (Lipinski definition) is 1. The number of esters is 1. The van der Waals surface area contributed by atoms with E-state index in [2.05, 4.69) is 5.32 Å². The molecule has 2 aromatic rings. The number of ether oxygens (including phenoxy) is 1. The molecular formula is C19H21ClN2O3. The number of nitrogens with one attached hydrogen (secondary N) is 1. The smallest absolute Gasteiger partial charge is 0.338 e. The molecule has 1 unspecified atom stereocenters. The van der Waals surface area contributed by atoms with E-state index in [9.17, 15) is 9.59 Å². The number of carbonyl (C=O) groups excluding carboxylic acids is 2. The van der Waals surface area contributed by atoms with Crippen molar-refractivity contribution >= 4 is 29.2 Å². The number of nitrogens with zero attached hydrogens (tertiary/aromatic N) is 1. The van der Waals surface area contributed by atoms with Crippen molar-refractivity contribution in [2.75, 3.05) is 25.6 Å². The topological polar surface area (TPSA) is 58.6 Å². The van der Waals surface area contributed by atoms with Gasteiger partial charge in [0.15, 0.2) is 6.61 Å². The van der Waals surface area contributed by atoms with Crippen LogP contribution in [0.5, 0.6) is 0 Å². The van der Waals surface area contributed by atoms with E-state index in [0.717, 1.165) is 11.3 Å². The van der Waals surface area contributed by atoms with E-state index < -0.39 is 5.97 Å². The fourth-order valence-corrected chi connectivity index (χ4v) is 2.35. The molecule has 2 rings (SSSR count). The fourth-order valence-electron chi connectivity index (χ4n) is 2.23. The summed E-state index contributed by atoms with van der Waals surface area (Å²) >= 11 is 5.84. The van der Waals surface area contributed by atoms with Gasteiger partial charge in [0, 0.05) is 24.8 Å². The van der Waals surface area contributed by atoms with Crippen molar-refractivity contribution in [3.63, 3.8) is 0 Å². The van der Waals surface area contributed by atoms with Crippen LogP contribution in [0.15, 0.2) is 48.5 Å². The van der Waals surface area contributed by atoms with E-state index in [1.807, 2.05) is 50.2 Å². The lowest BCUT2D eigenvalue weighted by molar-refractivity contribution is -0.124. The monoisotopic (exact) mass is 360 g/mol. The molecule has 0 spiro atoms. The van der Waals surface area contributed by atoms with Crippen molar-refractivity contribution < 1.29 is 14.3 Å². The first kappa shape index (κ1) is 18.8. The van der Waals surface area contributed by atoms with Gasteiger partial charge in [0.2, 0.25) is 0 Å². The Hall–Kier alpha value is -2.53. The van der Waals surface area contributed by atoms with Gasteiger partial charge in [-0.3, -0.25) is 4.79 Å². The molecule has 0 heterocycles. The maximum Gasteiger partial charge on any atom is 0.338 e. The highest BCUT2D eigenvalue weighted by atomic mass is 35.5. The minimum absolute atomic E-state index is 0.206. The van der Waals surface area contributed by atoms with Crippen LogP contribution in [0.4, 0.5) is 5.69 Å². The Kier molecular flexibility index (Phi) is 6.42. The lowest BCUT2D eigenvalue weighted by atomic mass is 10.1. The van der Waals surface area contributed by atoms with Gasteiger partial charge in [-0.2, -0.15) is 0 Å². The van der Waals surface area contributed by atoms with E-state index >= 15 is 0 Å². The molecule has 0 aliphatic rings. The molecule has 6 heteroatoms. The minimum atomic E-state index is -0.528. The highest BCUT2D eigenvalue weighted by molar-refractivity contribution is 6.30. The molecule has 132 valence electrons. The second kappa shape index (κ2) is 8.53. The van der Waals surface area contributed by atoms with Crippen LogP contribution in [0.2, 0.25) is 5.02 Å². The van der Waals surface area contributed by atoms with E-state index in [4.69, 9.17) is 16.3 Å². The number of rotatable bonds is 6. The lowest BCUT2D eigenvalue weighted by Crippen LogP contribution is -2.31. The zero-order valence-corrected chi connectivity index (χ0v) is 15.2. The Bertz CT molecular complexity index is 727. The Morgan fingerprint density at radius 2 is 1.68 bits per heavy atom. The van der Waals surface area contributed by atoms with Crippen molar-refractivity contribution in [1.82, 2.24) is 5.32 Å². The number of anilines is 1. The van der Waals surface area contributed by atoms with Gasteiger partial charge >= 0.3 is 5.97 Å². The summed E-state index contributed by atoms with van der Waals surface area (Å²) in [5.74, 6) is -0.889. The second-order valence-electron chi connectivity index (χ2n) is 5.86. The normalized spacial score (nSPS) is 11.5. The van der Waals surface area contributed by atoms with Crippen LogP contribution in [-0.2, 0) is 9.53 Å². The van der Waals surface area contributed by atoms with Gasteiger partial charge in [0.05, 0.1) is 11.6 Å². The van der Waals surface area contributed by atoms with Crippen molar-refractivity contribution in [3.8, 4) is 0 Å². The maximum absolute atomic E-state index is 12.0. The summed E-state index contributed by atoms with van der Waals surface area (Å²) in [6, 6.07) is 14.0. The van der Waals surface area contributed by atoms with Gasteiger partial charge in [0.25, 0.3) is 5.91 Å². The SMILES string of the molecule is CC(NC(=O)COC(=O)c1ccc(N(C)C)cc1)c1ccc(Cl)cc1. The molecule has 1 amide bonds. The van der Waals surface area contributed by atoms with Gasteiger partial charge in [-0.15, -0.1) is 0 Å². The molecular weight excluding hydrogens is 340 g/mol. The zero-order chi connectivity index (χ0) is 18.4. The third kappa shape index (κ3) is 5.50. The number of amides is 1. The summed E-state index contributed by atoms with van der Waals surface area (Å²) in [6.07, 6.45) is 0. The first-order valence-corrected chi connectivity index (χ1v) is 8.24. The first-order valence-electron chi connectivity index (χ1n) is 7.86. The standard InChI is InChI=1S/C19H21ClN2O3/c1-13(14-4-8-16(20)9-5-14)21-18(23)12-25-19(24)15-6-10-17(11-7-15)22(2)3/h4-11,13H,12H2,1-3H3,(H,21,23). The highest BCUT2D eigenvalue weighted by Gasteiger charge is 2.13. The van der Waals surface area contributed by atoms with Crippen LogP contribution < -0.4 is 10.2 Å². The van der Waals surface area contributed by atoms with Gasteiger partial charge < -0.3 is 15.0 Å². The molecule has 2 aromatic carbocycles. The average molecular weight is 361 g/mol. The molecule has 5 nitrogen and oxygen atoms in total. The van der Waals surface area contributed by atoms with Crippen molar-refractivity contribution in [3.05, 3.63) is 64.7 Å². The number of hydrogen-bond acceptors (Lipinski definition) is 4. The summed E-state index contributed by atoms with van der Waals surface area (Å²) in [7, 11) is 3.83. The van der Waals surface area contributed by atoms with E-state index in [1.165, 1.54) is 0 Å². The third-order valence-corrected chi connectivity index (χ3v) is 3.95. The molecule has 0 fully saturated rings. The Balaban J connectivity index is 1.84. The predicted octanol–water partition coefficient (Wildman–Crippen LogP) is 3.44. The fraction of sp³-hybridized carbons (Fsp3) is 0.263.